The molecule has 8 nitrogen and oxygen atoms in total. The van der Waals surface area contributed by atoms with E-state index >= 15 is 0 Å². The molecular formula is C12H13ClN8S. The zero-order valence-electron chi connectivity index (χ0n) is 11.8. The van der Waals surface area contributed by atoms with Gasteiger partial charge in [-0.2, -0.15) is 4.68 Å². The van der Waals surface area contributed by atoms with Crippen LogP contribution in [0.25, 0.3) is 5.69 Å². The van der Waals surface area contributed by atoms with Crippen LogP contribution < -0.4 is 0 Å². The Balaban J connectivity index is 1.75. The zero-order valence-corrected chi connectivity index (χ0v) is 13.4. The SMILES string of the molecule is CCCn1nnnc1CSc1nnnn1-c1ccc(Cl)cc1. The fourth-order valence-electron chi connectivity index (χ4n) is 1.85. The number of halogens is 1. The summed E-state index contributed by atoms with van der Waals surface area (Å²) < 4.78 is 3.46. The average Bonchev–Trinajstić information content (AvgIpc) is 3.15. The molecule has 114 valence electrons. The van der Waals surface area contributed by atoms with Crippen LogP contribution in [0.15, 0.2) is 29.4 Å². The Labute approximate surface area is 135 Å². The average molecular weight is 337 g/mol. The monoisotopic (exact) mass is 336 g/mol. The number of aromatic nitrogens is 8. The van der Waals surface area contributed by atoms with Crippen LogP contribution in [0.4, 0.5) is 0 Å². The van der Waals surface area contributed by atoms with Gasteiger partial charge in [0.1, 0.15) is 0 Å². The zero-order chi connectivity index (χ0) is 15.4. The fourth-order valence-corrected chi connectivity index (χ4v) is 2.80. The number of aryl methyl sites for hydroxylation is 1. The molecule has 0 spiro atoms. The second-order valence-electron chi connectivity index (χ2n) is 4.46. The molecule has 0 atom stereocenters. The van der Waals surface area contributed by atoms with Crippen LogP contribution in [-0.2, 0) is 12.3 Å². The lowest BCUT2D eigenvalue weighted by Gasteiger charge is -2.04. The minimum Gasteiger partial charge on any atom is -0.229 e. The molecule has 1 aromatic carbocycles. The van der Waals surface area contributed by atoms with Crippen LogP contribution in [0.5, 0.6) is 0 Å². The second-order valence-corrected chi connectivity index (χ2v) is 5.84. The number of hydrogen-bond donors (Lipinski definition) is 0. The predicted octanol–water partition coefficient (Wildman–Crippen LogP) is 2.00. The molecular weight excluding hydrogens is 324 g/mol. The van der Waals surface area contributed by atoms with Crippen molar-refractivity contribution >= 4 is 23.4 Å². The lowest BCUT2D eigenvalue weighted by molar-refractivity contribution is 0.564. The Morgan fingerprint density at radius 2 is 1.86 bits per heavy atom. The number of tetrazole rings is 2. The van der Waals surface area contributed by atoms with Gasteiger partial charge in [-0.05, 0) is 51.5 Å². The first-order chi connectivity index (χ1) is 10.8. The predicted molar refractivity (Wildman–Crippen MR) is 81.8 cm³/mol. The van der Waals surface area contributed by atoms with Gasteiger partial charge in [-0.1, -0.05) is 30.3 Å². The van der Waals surface area contributed by atoms with Crippen molar-refractivity contribution in [1.82, 2.24) is 40.4 Å². The van der Waals surface area contributed by atoms with Gasteiger partial charge in [-0.25, -0.2) is 4.68 Å². The van der Waals surface area contributed by atoms with Crippen LogP contribution in [0.2, 0.25) is 5.02 Å². The number of rotatable bonds is 6. The van der Waals surface area contributed by atoms with Gasteiger partial charge in [0, 0.05) is 11.6 Å². The van der Waals surface area contributed by atoms with Crippen LogP contribution in [0, 0.1) is 0 Å². The molecule has 3 rings (SSSR count). The van der Waals surface area contributed by atoms with Crippen LogP contribution >= 0.6 is 23.4 Å². The van der Waals surface area contributed by atoms with Gasteiger partial charge in [-0.15, -0.1) is 10.2 Å². The van der Waals surface area contributed by atoms with Gasteiger partial charge < -0.3 is 0 Å². The summed E-state index contributed by atoms with van der Waals surface area (Å²) in [6, 6.07) is 7.33. The molecule has 0 saturated carbocycles. The molecule has 0 aliphatic carbocycles. The lowest BCUT2D eigenvalue weighted by atomic mass is 10.3. The number of thioether (sulfide) groups is 1. The number of nitrogens with zero attached hydrogens (tertiary/aromatic N) is 8. The molecule has 22 heavy (non-hydrogen) atoms. The van der Waals surface area contributed by atoms with Crippen LogP contribution in [0.3, 0.4) is 0 Å². The molecule has 0 saturated heterocycles. The Morgan fingerprint density at radius 1 is 1.09 bits per heavy atom. The van der Waals surface area contributed by atoms with Crippen molar-refractivity contribution in [3.63, 3.8) is 0 Å². The van der Waals surface area contributed by atoms with Crippen LogP contribution in [0.1, 0.15) is 19.2 Å². The fraction of sp³-hybridized carbons (Fsp3) is 0.333. The van der Waals surface area contributed by atoms with E-state index in [0.717, 1.165) is 24.5 Å². The van der Waals surface area contributed by atoms with Gasteiger partial charge in [0.2, 0.25) is 5.16 Å². The van der Waals surface area contributed by atoms with Gasteiger partial charge in [0.05, 0.1) is 11.4 Å². The first-order valence-corrected chi connectivity index (χ1v) is 8.06. The third kappa shape index (κ3) is 3.25. The highest BCUT2D eigenvalue weighted by molar-refractivity contribution is 7.98. The Morgan fingerprint density at radius 3 is 2.64 bits per heavy atom. The van der Waals surface area contributed by atoms with E-state index in [2.05, 4.69) is 38.0 Å². The van der Waals surface area contributed by atoms with Crippen molar-refractivity contribution in [3.05, 3.63) is 35.1 Å². The normalized spacial score (nSPS) is 11.0. The first-order valence-electron chi connectivity index (χ1n) is 6.70. The van der Waals surface area contributed by atoms with E-state index in [1.165, 1.54) is 11.8 Å². The minimum atomic E-state index is 0.598. The molecule has 2 aromatic heterocycles. The molecule has 0 aliphatic heterocycles. The summed E-state index contributed by atoms with van der Waals surface area (Å²) in [5.74, 6) is 1.40. The highest BCUT2D eigenvalue weighted by Crippen LogP contribution is 2.22. The van der Waals surface area contributed by atoms with Gasteiger partial charge in [0.25, 0.3) is 0 Å². The van der Waals surface area contributed by atoms with Gasteiger partial charge in [0.15, 0.2) is 5.82 Å². The number of benzene rings is 1. The van der Waals surface area contributed by atoms with Crippen molar-refractivity contribution in [3.8, 4) is 5.69 Å². The van der Waals surface area contributed by atoms with Crippen molar-refractivity contribution in [2.45, 2.75) is 30.8 Å². The van der Waals surface area contributed by atoms with Gasteiger partial charge >= 0.3 is 0 Å². The maximum atomic E-state index is 5.90. The molecule has 0 amide bonds. The summed E-state index contributed by atoms with van der Waals surface area (Å²) in [4.78, 5) is 0. The molecule has 0 fully saturated rings. The highest BCUT2D eigenvalue weighted by Gasteiger charge is 2.12. The van der Waals surface area contributed by atoms with Crippen molar-refractivity contribution in [2.75, 3.05) is 0 Å². The maximum Gasteiger partial charge on any atom is 0.214 e. The van der Waals surface area contributed by atoms with E-state index in [1.54, 1.807) is 21.5 Å². The minimum absolute atomic E-state index is 0.598. The smallest absolute Gasteiger partial charge is 0.214 e. The topological polar surface area (TPSA) is 87.2 Å². The number of hydrogen-bond acceptors (Lipinski definition) is 7. The standard InChI is InChI=1S/C12H13ClN8S/c1-2-7-20-11(14-16-18-20)8-22-12-15-17-19-21(12)10-5-3-9(13)4-6-10/h3-6H,2,7-8H2,1H3. The Hall–Kier alpha value is -2.00. The van der Waals surface area contributed by atoms with E-state index < -0.39 is 0 Å². The molecule has 0 N–H and O–H groups in total. The third-order valence-electron chi connectivity index (χ3n) is 2.88. The first kappa shape index (κ1) is 14.9. The summed E-state index contributed by atoms with van der Waals surface area (Å²) in [7, 11) is 0. The van der Waals surface area contributed by atoms with Crippen molar-refractivity contribution < 1.29 is 0 Å². The van der Waals surface area contributed by atoms with E-state index in [4.69, 9.17) is 11.6 Å². The third-order valence-corrected chi connectivity index (χ3v) is 4.05. The Kier molecular flexibility index (Phi) is 4.64. The molecule has 2 heterocycles. The van der Waals surface area contributed by atoms with E-state index in [1.807, 2.05) is 12.1 Å². The summed E-state index contributed by atoms with van der Waals surface area (Å²) >= 11 is 7.38. The lowest BCUT2D eigenvalue weighted by Crippen LogP contribution is -2.05. The summed E-state index contributed by atoms with van der Waals surface area (Å²) in [6.45, 7) is 2.88. The molecule has 0 bridgehead atoms. The molecule has 10 heteroatoms. The summed E-state index contributed by atoms with van der Waals surface area (Å²) in [5, 5.41) is 24.8. The summed E-state index contributed by atoms with van der Waals surface area (Å²) in [6.07, 6.45) is 0.977. The Bertz CT molecular complexity index is 738. The largest absolute Gasteiger partial charge is 0.229 e. The molecule has 0 radical (unpaired) electrons. The molecule has 0 aliphatic rings. The van der Waals surface area contributed by atoms with E-state index in [0.29, 0.717) is 15.9 Å². The maximum absolute atomic E-state index is 5.90. The van der Waals surface area contributed by atoms with Crippen LogP contribution in [-0.4, -0.2) is 40.4 Å². The van der Waals surface area contributed by atoms with Gasteiger partial charge in [-0.3, -0.25) is 0 Å². The van der Waals surface area contributed by atoms with E-state index in [9.17, 15) is 0 Å². The highest BCUT2D eigenvalue weighted by atomic mass is 35.5. The van der Waals surface area contributed by atoms with E-state index in [-0.39, 0.29) is 0 Å². The molecule has 3 aromatic rings. The van der Waals surface area contributed by atoms with Crippen molar-refractivity contribution in [2.24, 2.45) is 0 Å². The second kappa shape index (κ2) is 6.84. The molecule has 0 unspecified atom stereocenters. The summed E-state index contributed by atoms with van der Waals surface area (Å²) in [5.41, 5.74) is 0.852. The quantitative estimate of drug-likeness (QED) is 0.636. The van der Waals surface area contributed by atoms with Crippen molar-refractivity contribution in [1.29, 1.82) is 0 Å².